The van der Waals surface area contributed by atoms with Crippen molar-refractivity contribution in [2.75, 3.05) is 27.3 Å². The van der Waals surface area contributed by atoms with Gasteiger partial charge in [0, 0.05) is 42.8 Å². The van der Waals surface area contributed by atoms with Gasteiger partial charge < -0.3 is 14.4 Å². The third-order valence-corrected chi connectivity index (χ3v) is 6.41. The zero-order chi connectivity index (χ0) is 22.5. The quantitative estimate of drug-likeness (QED) is 0.501. The Hall–Kier alpha value is -2.02. The van der Waals surface area contributed by atoms with Crippen molar-refractivity contribution in [2.45, 2.75) is 32.5 Å². The number of amides is 1. The maximum absolute atomic E-state index is 12.9. The van der Waals surface area contributed by atoms with Gasteiger partial charge in [0.25, 0.3) is 0 Å². The van der Waals surface area contributed by atoms with E-state index < -0.39 is 0 Å². The fourth-order valence-corrected chi connectivity index (χ4v) is 4.59. The summed E-state index contributed by atoms with van der Waals surface area (Å²) in [5, 5.41) is 0.744. The fraction of sp³-hybridized carbons (Fsp3) is 0.375. The zero-order valence-corrected chi connectivity index (χ0v) is 20.6. The predicted octanol–water partition coefficient (Wildman–Crippen LogP) is 5.25. The van der Waals surface area contributed by atoms with Crippen LogP contribution in [-0.4, -0.2) is 55.1 Å². The third-order valence-electron chi connectivity index (χ3n) is 5.57. The number of rotatable bonds is 6. The number of piperazine rings is 1. The molecule has 166 valence electrons. The van der Waals surface area contributed by atoms with Gasteiger partial charge in [0.1, 0.15) is 0 Å². The van der Waals surface area contributed by atoms with Crippen LogP contribution in [0.3, 0.4) is 0 Å². The predicted molar refractivity (Wildman–Crippen MR) is 129 cm³/mol. The molecule has 1 amide bonds. The lowest BCUT2D eigenvalue weighted by molar-refractivity contribution is -0.131. The average molecular weight is 508 g/mol. The molecule has 1 aliphatic heterocycles. The molecule has 2 aromatic rings. The Morgan fingerprint density at radius 3 is 2.48 bits per heavy atom. The minimum atomic E-state index is 0.0106. The van der Waals surface area contributed by atoms with Crippen molar-refractivity contribution < 1.29 is 14.3 Å². The van der Waals surface area contributed by atoms with Crippen molar-refractivity contribution in [3.63, 3.8) is 0 Å². The molecule has 31 heavy (non-hydrogen) atoms. The second kappa shape index (κ2) is 10.5. The standard InChI is InChI=1S/C24H28BrClN2O3/c1-16-14-28(17(2)13-27(16)15-18-5-8-20(26)9-6-18)23(29)10-7-19-11-21(25)24(31-4)22(12-19)30-3/h5-12,16-17H,13-15H2,1-4H3/b10-7+. The van der Waals surface area contributed by atoms with E-state index in [1.165, 1.54) is 5.56 Å². The van der Waals surface area contributed by atoms with E-state index in [9.17, 15) is 4.79 Å². The van der Waals surface area contributed by atoms with E-state index >= 15 is 0 Å². The van der Waals surface area contributed by atoms with Crippen molar-refractivity contribution in [3.8, 4) is 11.5 Å². The van der Waals surface area contributed by atoms with Crippen LogP contribution in [0.25, 0.3) is 6.08 Å². The Bertz CT molecular complexity index is 949. The lowest BCUT2D eigenvalue weighted by atomic mass is 10.1. The molecule has 0 spiro atoms. The minimum Gasteiger partial charge on any atom is -0.493 e. The molecule has 2 atom stereocenters. The largest absolute Gasteiger partial charge is 0.493 e. The van der Waals surface area contributed by atoms with Crippen LogP contribution in [0.2, 0.25) is 5.02 Å². The third kappa shape index (κ3) is 5.82. The summed E-state index contributed by atoms with van der Waals surface area (Å²) in [4.78, 5) is 17.3. The summed E-state index contributed by atoms with van der Waals surface area (Å²) < 4.78 is 11.5. The van der Waals surface area contributed by atoms with Gasteiger partial charge in [-0.1, -0.05) is 23.7 Å². The summed E-state index contributed by atoms with van der Waals surface area (Å²) in [5.74, 6) is 1.25. The Kier molecular flexibility index (Phi) is 8.03. The molecule has 5 nitrogen and oxygen atoms in total. The number of nitrogens with zero attached hydrogens (tertiary/aromatic N) is 2. The van der Waals surface area contributed by atoms with Crippen LogP contribution in [0.1, 0.15) is 25.0 Å². The van der Waals surface area contributed by atoms with Crippen molar-refractivity contribution in [1.82, 2.24) is 9.80 Å². The summed E-state index contributed by atoms with van der Waals surface area (Å²) >= 11 is 9.49. The molecule has 2 unspecified atom stereocenters. The first kappa shape index (κ1) is 23.6. The maximum Gasteiger partial charge on any atom is 0.246 e. The second-order valence-corrected chi connectivity index (χ2v) is 9.11. The summed E-state index contributed by atoms with van der Waals surface area (Å²) in [5.41, 5.74) is 2.09. The summed E-state index contributed by atoms with van der Waals surface area (Å²) in [6.07, 6.45) is 3.44. The number of carbonyl (C=O) groups excluding carboxylic acids is 1. The molecule has 3 rings (SSSR count). The molecule has 1 aliphatic rings. The zero-order valence-electron chi connectivity index (χ0n) is 18.3. The molecular weight excluding hydrogens is 480 g/mol. The normalized spacial score (nSPS) is 19.6. The number of carbonyl (C=O) groups is 1. The van der Waals surface area contributed by atoms with Gasteiger partial charge in [0.2, 0.25) is 5.91 Å². The molecule has 0 N–H and O–H groups in total. The Morgan fingerprint density at radius 2 is 1.84 bits per heavy atom. The van der Waals surface area contributed by atoms with Crippen LogP contribution in [0.4, 0.5) is 0 Å². The molecule has 0 radical (unpaired) electrons. The SMILES string of the molecule is COc1cc(/C=C/C(=O)N2CC(C)N(Cc3ccc(Cl)cc3)CC2C)cc(Br)c1OC. The Labute approximate surface area is 197 Å². The van der Waals surface area contributed by atoms with Gasteiger partial charge >= 0.3 is 0 Å². The summed E-state index contributed by atoms with van der Waals surface area (Å²) in [6.45, 7) is 6.62. The molecular formula is C24H28BrClN2O3. The van der Waals surface area contributed by atoms with Crippen molar-refractivity contribution >= 4 is 39.5 Å². The van der Waals surface area contributed by atoms with E-state index in [4.69, 9.17) is 21.1 Å². The molecule has 1 fully saturated rings. The highest BCUT2D eigenvalue weighted by molar-refractivity contribution is 9.10. The maximum atomic E-state index is 12.9. The van der Waals surface area contributed by atoms with Crippen LogP contribution in [0.5, 0.6) is 11.5 Å². The van der Waals surface area contributed by atoms with E-state index in [-0.39, 0.29) is 18.0 Å². The Morgan fingerprint density at radius 1 is 1.13 bits per heavy atom. The molecule has 0 saturated carbocycles. The van der Waals surface area contributed by atoms with E-state index in [0.29, 0.717) is 18.0 Å². The summed E-state index contributed by atoms with van der Waals surface area (Å²) in [6, 6.07) is 12.1. The van der Waals surface area contributed by atoms with Gasteiger partial charge in [0.15, 0.2) is 11.5 Å². The molecule has 7 heteroatoms. The molecule has 1 heterocycles. The molecule has 0 bridgehead atoms. The number of ether oxygens (including phenoxy) is 2. The van der Waals surface area contributed by atoms with E-state index in [1.54, 1.807) is 20.3 Å². The molecule has 0 aliphatic carbocycles. The van der Waals surface area contributed by atoms with Crippen molar-refractivity contribution in [3.05, 3.63) is 63.1 Å². The highest BCUT2D eigenvalue weighted by atomic mass is 79.9. The monoisotopic (exact) mass is 506 g/mol. The fourth-order valence-electron chi connectivity index (χ4n) is 3.85. The van der Waals surface area contributed by atoms with Gasteiger partial charge in [-0.15, -0.1) is 0 Å². The topological polar surface area (TPSA) is 42.0 Å². The number of hydrogen-bond acceptors (Lipinski definition) is 4. The molecule has 1 saturated heterocycles. The molecule has 2 aromatic carbocycles. The van der Waals surface area contributed by atoms with Crippen LogP contribution in [-0.2, 0) is 11.3 Å². The second-order valence-electron chi connectivity index (χ2n) is 7.82. The van der Waals surface area contributed by atoms with Crippen LogP contribution < -0.4 is 9.47 Å². The van der Waals surface area contributed by atoms with E-state index in [1.807, 2.05) is 35.2 Å². The smallest absolute Gasteiger partial charge is 0.246 e. The van der Waals surface area contributed by atoms with Crippen LogP contribution >= 0.6 is 27.5 Å². The first-order valence-electron chi connectivity index (χ1n) is 10.2. The molecule has 0 aromatic heterocycles. The van der Waals surface area contributed by atoms with Crippen LogP contribution in [0.15, 0.2) is 46.9 Å². The lowest BCUT2D eigenvalue weighted by Gasteiger charge is -2.44. The Balaban J connectivity index is 1.66. The number of halogens is 2. The summed E-state index contributed by atoms with van der Waals surface area (Å²) in [7, 11) is 3.19. The van der Waals surface area contributed by atoms with Gasteiger partial charge in [0.05, 0.1) is 18.7 Å². The lowest BCUT2D eigenvalue weighted by Crippen LogP contribution is -2.57. The first-order valence-corrected chi connectivity index (χ1v) is 11.4. The highest BCUT2D eigenvalue weighted by Crippen LogP contribution is 2.36. The number of benzene rings is 2. The van der Waals surface area contributed by atoms with Crippen molar-refractivity contribution in [2.24, 2.45) is 0 Å². The number of methoxy groups -OCH3 is 2. The van der Waals surface area contributed by atoms with E-state index in [0.717, 1.165) is 28.1 Å². The van der Waals surface area contributed by atoms with Crippen molar-refractivity contribution in [1.29, 1.82) is 0 Å². The van der Waals surface area contributed by atoms with Crippen LogP contribution in [0, 0.1) is 0 Å². The minimum absolute atomic E-state index is 0.0106. The van der Waals surface area contributed by atoms with Gasteiger partial charge in [-0.3, -0.25) is 9.69 Å². The average Bonchev–Trinajstić information content (AvgIpc) is 2.75. The first-order chi connectivity index (χ1) is 14.8. The number of hydrogen-bond donors (Lipinski definition) is 0. The van der Waals surface area contributed by atoms with Gasteiger partial charge in [-0.2, -0.15) is 0 Å². The highest BCUT2D eigenvalue weighted by Gasteiger charge is 2.31. The van der Waals surface area contributed by atoms with Gasteiger partial charge in [-0.25, -0.2) is 0 Å². The van der Waals surface area contributed by atoms with E-state index in [2.05, 4.69) is 46.8 Å². The van der Waals surface area contributed by atoms with Gasteiger partial charge in [-0.05, 0) is 71.2 Å².